The third kappa shape index (κ3) is 5.49. The number of nitrogens with zero attached hydrogens (tertiary/aromatic N) is 1. The van der Waals surface area contributed by atoms with Gasteiger partial charge in [-0.1, -0.05) is 12.1 Å². The monoisotopic (exact) mass is 493 g/mol. The van der Waals surface area contributed by atoms with E-state index in [9.17, 15) is 23.1 Å². The van der Waals surface area contributed by atoms with E-state index in [1.54, 1.807) is 23.7 Å². The minimum Gasteiger partial charge on any atom is -0.497 e. The molecule has 1 heterocycles. The first-order chi connectivity index (χ1) is 16.2. The van der Waals surface area contributed by atoms with E-state index in [2.05, 4.69) is 15.6 Å². The second-order valence-corrected chi connectivity index (χ2v) is 8.71. The van der Waals surface area contributed by atoms with Crippen LogP contribution in [-0.4, -0.2) is 28.6 Å². The number of benzene rings is 2. The largest absolute Gasteiger partial charge is 0.497 e. The summed E-state index contributed by atoms with van der Waals surface area (Å²) in [5, 5.41) is 18.2. The van der Waals surface area contributed by atoms with Crippen molar-refractivity contribution in [3.63, 3.8) is 0 Å². The maximum Gasteiger partial charge on any atom is 0.420 e. The lowest BCUT2D eigenvalue weighted by molar-refractivity contribution is -0.138. The minimum absolute atomic E-state index is 0.0767. The van der Waals surface area contributed by atoms with Crippen molar-refractivity contribution in [2.45, 2.75) is 37.3 Å². The van der Waals surface area contributed by atoms with Crippen LogP contribution >= 0.6 is 11.3 Å². The number of methoxy groups -OCH3 is 1. The molecule has 1 atom stereocenters. The van der Waals surface area contributed by atoms with Crippen LogP contribution < -0.4 is 20.1 Å². The zero-order chi connectivity index (χ0) is 24.3. The number of alkyl halides is 3. The molecule has 0 bridgehead atoms. The van der Waals surface area contributed by atoms with Gasteiger partial charge >= 0.3 is 6.18 Å². The van der Waals surface area contributed by atoms with Crippen molar-refractivity contribution in [3.05, 3.63) is 70.2 Å². The topological polar surface area (TPSA) is 92.7 Å². The number of carbonyl (C=O) groups is 1. The van der Waals surface area contributed by atoms with E-state index >= 15 is 0 Å². The molecule has 1 aliphatic carbocycles. The van der Waals surface area contributed by atoms with Crippen LogP contribution in [0.15, 0.2) is 54.0 Å². The fraction of sp³-hybridized carbons (Fsp3) is 0.304. The van der Waals surface area contributed by atoms with Crippen molar-refractivity contribution in [3.8, 4) is 17.2 Å². The van der Waals surface area contributed by atoms with Gasteiger partial charge in [0.15, 0.2) is 6.23 Å². The van der Waals surface area contributed by atoms with Crippen molar-refractivity contribution < 1.29 is 32.5 Å². The average Bonchev–Trinajstić information content (AvgIpc) is 3.38. The van der Waals surface area contributed by atoms with E-state index in [0.717, 1.165) is 11.6 Å². The Morgan fingerprint density at radius 1 is 1.21 bits per heavy atom. The number of aromatic nitrogens is 1. The molecule has 4 rings (SSSR count). The number of thiazole rings is 1. The van der Waals surface area contributed by atoms with Crippen LogP contribution in [-0.2, 0) is 17.5 Å². The van der Waals surface area contributed by atoms with Gasteiger partial charge in [-0.05, 0) is 48.7 Å². The Morgan fingerprint density at radius 2 is 1.91 bits per heavy atom. The van der Waals surface area contributed by atoms with Crippen molar-refractivity contribution in [1.82, 2.24) is 15.6 Å². The molecule has 1 amide bonds. The average molecular weight is 494 g/mol. The third-order valence-corrected chi connectivity index (χ3v) is 6.21. The van der Waals surface area contributed by atoms with E-state index in [1.807, 2.05) is 0 Å². The van der Waals surface area contributed by atoms with Gasteiger partial charge in [-0.25, -0.2) is 4.98 Å². The number of aliphatic hydroxyl groups excluding tert-OH is 1. The smallest absolute Gasteiger partial charge is 0.420 e. The van der Waals surface area contributed by atoms with Gasteiger partial charge in [0.2, 0.25) is 5.91 Å². The predicted octanol–water partition coefficient (Wildman–Crippen LogP) is 4.39. The van der Waals surface area contributed by atoms with Gasteiger partial charge in [0.05, 0.1) is 7.11 Å². The zero-order valence-corrected chi connectivity index (χ0v) is 18.9. The highest BCUT2D eigenvalue weighted by Crippen LogP contribution is 2.40. The fourth-order valence-electron chi connectivity index (χ4n) is 3.36. The second kappa shape index (κ2) is 9.61. The molecule has 1 aromatic heterocycles. The molecule has 0 saturated heterocycles. The summed E-state index contributed by atoms with van der Waals surface area (Å²) in [6.07, 6.45) is -2.86. The summed E-state index contributed by atoms with van der Waals surface area (Å²) in [5.41, 5.74) is -1.04. The fourth-order valence-corrected chi connectivity index (χ4v) is 3.93. The lowest BCUT2D eigenvalue weighted by Crippen LogP contribution is -2.47. The first-order valence-electron chi connectivity index (χ1n) is 10.4. The first-order valence-corrected chi connectivity index (χ1v) is 11.2. The Labute approximate surface area is 197 Å². The number of halogens is 3. The SMILES string of the molecule is COc1ccc(Oc2ccc(CNC(=O)C3(NC(O)c4nccs4)CC3)cc2)c(C(F)(F)F)c1. The van der Waals surface area contributed by atoms with Crippen molar-refractivity contribution in [2.75, 3.05) is 7.11 Å². The third-order valence-electron chi connectivity index (χ3n) is 5.38. The lowest BCUT2D eigenvalue weighted by Gasteiger charge is -2.20. The van der Waals surface area contributed by atoms with Crippen LogP contribution in [0, 0.1) is 0 Å². The highest BCUT2D eigenvalue weighted by molar-refractivity contribution is 7.09. The molecule has 3 aromatic rings. The van der Waals surface area contributed by atoms with Gasteiger partial charge in [-0.3, -0.25) is 10.1 Å². The molecule has 0 radical (unpaired) electrons. The first kappa shape index (κ1) is 24.0. The number of hydrogen-bond acceptors (Lipinski definition) is 7. The molecule has 3 N–H and O–H groups in total. The van der Waals surface area contributed by atoms with E-state index in [1.165, 1.54) is 42.7 Å². The number of aliphatic hydroxyl groups is 1. The van der Waals surface area contributed by atoms with Crippen LogP contribution in [0.4, 0.5) is 13.2 Å². The van der Waals surface area contributed by atoms with Crippen molar-refractivity contribution >= 4 is 17.2 Å². The maximum absolute atomic E-state index is 13.4. The number of rotatable bonds is 9. The van der Waals surface area contributed by atoms with Gasteiger partial charge in [-0.2, -0.15) is 13.2 Å². The molecular formula is C23H22F3N3O4S. The van der Waals surface area contributed by atoms with E-state index in [0.29, 0.717) is 17.8 Å². The van der Waals surface area contributed by atoms with Gasteiger partial charge in [0.25, 0.3) is 0 Å². The van der Waals surface area contributed by atoms with Crippen LogP contribution in [0.2, 0.25) is 0 Å². The van der Waals surface area contributed by atoms with Crippen LogP contribution in [0.25, 0.3) is 0 Å². The molecule has 0 spiro atoms. The summed E-state index contributed by atoms with van der Waals surface area (Å²) in [7, 11) is 1.29. The molecule has 1 aliphatic rings. The van der Waals surface area contributed by atoms with Crippen LogP contribution in [0.3, 0.4) is 0 Å². The van der Waals surface area contributed by atoms with Gasteiger partial charge in [0.1, 0.15) is 33.4 Å². The lowest BCUT2D eigenvalue weighted by atomic mass is 10.1. The predicted molar refractivity (Wildman–Crippen MR) is 119 cm³/mol. The molecule has 1 unspecified atom stereocenters. The molecule has 0 aliphatic heterocycles. The van der Waals surface area contributed by atoms with Crippen LogP contribution in [0.1, 0.15) is 35.2 Å². The zero-order valence-electron chi connectivity index (χ0n) is 18.1. The molecule has 1 saturated carbocycles. The molecule has 11 heteroatoms. The normalized spacial score (nSPS) is 15.4. The quantitative estimate of drug-likeness (QED) is 0.383. The molecule has 34 heavy (non-hydrogen) atoms. The molecule has 2 aromatic carbocycles. The van der Waals surface area contributed by atoms with Gasteiger partial charge < -0.3 is 19.9 Å². The minimum atomic E-state index is -4.60. The molecule has 180 valence electrons. The molecular weight excluding hydrogens is 471 g/mol. The summed E-state index contributed by atoms with van der Waals surface area (Å²) in [6.45, 7) is 0.215. The number of nitrogens with one attached hydrogen (secondary N) is 2. The number of amides is 1. The summed E-state index contributed by atoms with van der Waals surface area (Å²) in [6, 6.07) is 9.85. The molecule has 7 nitrogen and oxygen atoms in total. The highest BCUT2D eigenvalue weighted by Gasteiger charge is 2.51. The Bertz CT molecular complexity index is 1130. The summed E-state index contributed by atoms with van der Waals surface area (Å²) >= 11 is 1.29. The van der Waals surface area contributed by atoms with Gasteiger partial charge in [0, 0.05) is 18.1 Å². The van der Waals surface area contributed by atoms with E-state index in [-0.39, 0.29) is 29.7 Å². The van der Waals surface area contributed by atoms with Gasteiger partial charge in [-0.15, -0.1) is 11.3 Å². The van der Waals surface area contributed by atoms with Crippen molar-refractivity contribution in [1.29, 1.82) is 0 Å². The standard InChI is InChI=1S/C23H22F3N3O4S/c1-32-16-6-7-18(17(12-16)23(24,25)26)33-15-4-2-14(3-5-15)13-28-21(31)22(8-9-22)29-19(30)20-27-10-11-34-20/h2-7,10-12,19,29-30H,8-9,13H2,1H3,(H,28,31). The van der Waals surface area contributed by atoms with Crippen molar-refractivity contribution in [2.24, 2.45) is 0 Å². The number of carbonyl (C=O) groups excluding carboxylic acids is 1. The Kier molecular flexibility index (Phi) is 6.78. The Hall–Kier alpha value is -3.15. The number of ether oxygens (including phenoxy) is 2. The maximum atomic E-state index is 13.4. The summed E-state index contributed by atoms with van der Waals surface area (Å²) < 4.78 is 50.4. The molecule has 1 fully saturated rings. The Morgan fingerprint density at radius 3 is 2.50 bits per heavy atom. The second-order valence-electron chi connectivity index (χ2n) is 7.79. The highest BCUT2D eigenvalue weighted by atomic mass is 32.1. The number of hydrogen-bond donors (Lipinski definition) is 3. The summed E-state index contributed by atoms with van der Waals surface area (Å²) in [4.78, 5) is 16.7. The van der Waals surface area contributed by atoms with E-state index < -0.39 is 23.5 Å². The Balaban J connectivity index is 1.35. The summed E-state index contributed by atoms with van der Waals surface area (Å²) in [5.74, 6) is -0.281. The van der Waals surface area contributed by atoms with E-state index in [4.69, 9.17) is 9.47 Å². The van der Waals surface area contributed by atoms with Crippen LogP contribution in [0.5, 0.6) is 17.2 Å².